The second-order valence-electron chi connectivity index (χ2n) is 11.5. The molecular weight excluding hydrogens is 454 g/mol. The molecule has 2 fully saturated rings. The van der Waals surface area contributed by atoms with Gasteiger partial charge in [0.2, 0.25) is 0 Å². The predicted molar refractivity (Wildman–Crippen MR) is 137 cm³/mol. The van der Waals surface area contributed by atoms with Gasteiger partial charge >= 0.3 is 6.09 Å². The highest BCUT2D eigenvalue weighted by Crippen LogP contribution is 2.54. The average Bonchev–Trinajstić information content (AvgIpc) is 3.44. The lowest BCUT2D eigenvalue weighted by atomic mass is 9.81. The normalized spacial score (nSPS) is 23.1. The maximum absolute atomic E-state index is 12.9. The number of ether oxygens (including phenoxy) is 1. The molecule has 2 aromatic rings. The standard InChI is InChI=1S/C27H35N7O2/c1-18-15-33(25(35)36-26(3,4)5)19(2)14-32(18)23-22-24(31-17-30-23)34(16-27(22)9-6-7-10-27)21-12-20(13-28)8-11-29-21/h8,11-12,17-19H,6-7,9-10,14-16H2,1-5H3/t18-,19-/m1/s1. The van der Waals surface area contributed by atoms with Gasteiger partial charge in [-0.05, 0) is 59.6 Å². The van der Waals surface area contributed by atoms with Crippen LogP contribution < -0.4 is 9.80 Å². The van der Waals surface area contributed by atoms with Crippen LogP contribution in [0.1, 0.15) is 71.4 Å². The Morgan fingerprint density at radius 3 is 2.53 bits per heavy atom. The van der Waals surface area contributed by atoms with Crippen molar-refractivity contribution in [2.24, 2.45) is 0 Å². The number of carbonyl (C=O) groups is 1. The van der Waals surface area contributed by atoms with Gasteiger partial charge in [0.25, 0.3) is 0 Å². The molecule has 1 saturated carbocycles. The molecule has 36 heavy (non-hydrogen) atoms. The Kier molecular flexibility index (Phi) is 6.01. The van der Waals surface area contributed by atoms with Gasteiger partial charge < -0.3 is 19.4 Å². The molecule has 0 radical (unpaired) electrons. The van der Waals surface area contributed by atoms with Crippen molar-refractivity contribution in [3.05, 3.63) is 35.8 Å². The zero-order valence-corrected chi connectivity index (χ0v) is 21.9. The van der Waals surface area contributed by atoms with E-state index in [2.05, 4.69) is 34.7 Å². The largest absolute Gasteiger partial charge is 0.444 e. The van der Waals surface area contributed by atoms with Crippen LogP contribution >= 0.6 is 0 Å². The first kappa shape index (κ1) is 24.3. The van der Waals surface area contributed by atoms with Crippen LogP contribution in [0.15, 0.2) is 24.7 Å². The van der Waals surface area contributed by atoms with Gasteiger partial charge in [-0.2, -0.15) is 5.26 Å². The van der Waals surface area contributed by atoms with E-state index in [1.54, 1.807) is 18.6 Å². The second kappa shape index (κ2) is 8.91. The lowest BCUT2D eigenvalue weighted by Crippen LogP contribution is -2.59. The first-order chi connectivity index (χ1) is 17.1. The number of hydrogen-bond donors (Lipinski definition) is 0. The molecule has 9 heteroatoms. The number of nitriles is 1. The van der Waals surface area contributed by atoms with Gasteiger partial charge in [0.15, 0.2) is 0 Å². The number of amides is 1. The van der Waals surface area contributed by atoms with E-state index >= 15 is 0 Å². The lowest BCUT2D eigenvalue weighted by Gasteiger charge is -2.45. The zero-order chi connectivity index (χ0) is 25.7. The van der Waals surface area contributed by atoms with Crippen molar-refractivity contribution in [3.8, 4) is 6.07 Å². The highest BCUT2D eigenvalue weighted by atomic mass is 16.6. The maximum Gasteiger partial charge on any atom is 0.410 e. The molecule has 1 aliphatic carbocycles. The molecule has 1 saturated heterocycles. The van der Waals surface area contributed by atoms with Gasteiger partial charge in [0.05, 0.1) is 11.6 Å². The summed E-state index contributed by atoms with van der Waals surface area (Å²) < 4.78 is 5.68. The smallest absolute Gasteiger partial charge is 0.410 e. The summed E-state index contributed by atoms with van der Waals surface area (Å²) in [6.45, 7) is 11.9. The highest BCUT2D eigenvalue weighted by Gasteiger charge is 2.50. The highest BCUT2D eigenvalue weighted by molar-refractivity contribution is 5.75. The zero-order valence-electron chi connectivity index (χ0n) is 21.9. The van der Waals surface area contributed by atoms with E-state index in [0.717, 1.165) is 36.8 Å². The number of hydrogen-bond acceptors (Lipinski definition) is 8. The van der Waals surface area contributed by atoms with Crippen LogP contribution in [0.4, 0.5) is 22.2 Å². The number of rotatable bonds is 2. The molecular formula is C27H35N7O2. The van der Waals surface area contributed by atoms with Crippen molar-refractivity contribution in [1.82, 2.24) is 19.9 Å². The number of fused-ring (bicyclic) bond motifs is 2. The maximum atomic E-state index is 12.9. The minimum atomic E-state index is -0.528. The third-order valence-electron chi connectivity index (χ3n) is 7.65. The number of pyridine rings is 1. The summed E-state index contributed by atoms with van der Waals surface area (Å²) in [6.07, 6.45) is 7.57. The van der Waals surface area contributed by atoms with Gasteiger partial charge in [0, 0.05) is 48.9 Å². The Bertz CT molecular complexity index is 1200. The van der Waals surface area contributed by atoms with Crippen LogP contribution in [0.25, 0.3) is 0 Å². The van der Waals surface area contributed by atoms with E-state index in [0.29, 0.717) is 18.7 Å². The van der Waals surface area contributed by atoms with E-state index in [-0.39, 0.29) is 23.6 Å². The van der Waals surface area contributed by atoms with E-state index < -0.39 is 5.60 Å². The topological polar surface area (TPSA) is 98.5 Å². The second-order valence-corrected chi connectivity index (χ2v) is 11.5. The van der Waals surface area contributed by atoms with Gasteiger partial charge in [-0.15, -0.1) is 0 Å². The van der Waals surface area contributed by atoms with Crippen LogP contribution in [0.5, 0.6) is 0 Å². The van der Waals surface area contributed by atoms with Gasteiger partial charge in [0.1, 0.15) is 29.4 Å². The lowest BCUT2D eigenvalue weighted by molar-refractivity contribution is 0.0129. The minimum absolute atomic E-state index is 0.0207. The van der Waals surface area contributed by atoms with Gasteiger partial charge in [-0.1, -0.05) is 12.8 Å². The van der Waals surface area contributed by atoms with Crippen LogP contribution in [0.2, 0.25) is 0 Å². The van der Waals surface area contributed by atoms with Crippen LogP contribution in [0, 0.1) is 11.3 Å². The van der Waals surface area contributed by atoms with Crippen molar-refractivity contribution < 1.29 is 9.53 Å². The Hall–Kier alpha value is -3.41. The summed E-state index contributed by atoms with van der Waals surface area (Å²) in [5.41, 5.74) is 1.21. The average molecular weight is 490 g/mol. The van der Waals surface area contributed by atoms with Crippen molar-refractivity contribution in [2.75, 3.05) is 29.4 Å². The van der Waals surface area contributed by atoms with Crippen LogP contribution in [-0.4, -0.2) is 63.3 Å². The quantitative estimate of drug-likeness (QED) is 0.606. The molecule has 190 valence electrons. The third kappa shape index (κ3) is 4.23. The van der Waals surface area contributed by atoms with Crippen LogP contribution in [0.3, 0.4) is 0 Å². The fourth-order valence-corrected chi connectivity index (χ4v) is 6.00. The summed E-state index contributed by atoms with van der Waals surface area (Å²) in [7, 11) is 0. The third-order valence-corrected chi connectivity index (χ3v) is 7.65. The molecule has 9 nitrogen and oxygen atoms in total. The molecule has 3 aliphatic rings. The summed E-state index contributed by atoms with van der Waals surface area (Å²) >= 11 is 0. The minimum Gasteiger partial charge on any atom is -0.444 e. The van der Waals surface area contributed by atoms with Gasteiger partial charge in [-0.3, -0.25) is 0 Å². The molecule has 0 unspecified atom stereocenters. The summed E-state index contributed by atoms with van der Waals surface area (Å²) in [6, 6.07) is 5.84. The Labute approximate surface area is 213 Å². The molecule has 1 amide bonds. The summed E-state index contributed by atoms with van der Waals surface area (Å²) in [4.78, 5) is 33.4. The first-order valence-electron chi connectivity index (χ1n) is 12.9. The molecule has 5 rings (SSSR count). The molecule has 2 atom stereocenters. The number of aromatic nitrogens is 3. The molecule has 0 aromatic carbocycles. The fourth-order valence-electron chi connectivity index (χ4n) is 6.00. The monoisotopic (exact) mass is 489 g/mol. The molecule has 2 aliphatic heterocycles. The molecule has 2 aromatic heterocycles. The van der Waals surface area contributed by atoms with E-state index in [4.69, 9.17) is 14.7 Å². The van der Waals surface area contributed by atoms with Crippen molar-refractivity contribution in [3.63, 3.8) is 0 Å². The number of nitrogens with zero attached hydrogens (tertiary/aromatic N) is 7. The number of piperazine rings is 1. The molecule has 4 heterocycles. The van der Waals surface area contributed by atoms with Crippen LogP contribution in [-0.2, 0) is 10.2 Å². The van der Waals surface area contributed by atoms with Crippen molar-refractivity contribution in [2.45, 2.75) is 83.4 Å². The molecule has 1 spiro atoms. The van der Waals surface area contributed by atoms with E-state index in [9.17, 15) is 10.1 Å². The van der Waals surface area contributed by atoms with E-state index in [1.807, 2.05) is 31.7 Å². The van der Waals surface area contributed by atoms with E-state index in [1.165, 1.54) is 18.4 Å². The Morgan fingerprint density at radius 2 is 1.83 bits per heavy atom. The Morgan fingerprint density at radius 1 is 1.11 bits per heavy atom. The van der Waals surface area contributed by atoms with Crippen molar-refractivity contribution in [1.29, 1.82) is 5.26 Å². The molecule has 0 N–H and O–H groups in total. The number of carbonyl (C=O) groups excluding carboxylic acids is 1. The predicted octanol–water partition coefficient (Wildman–Crippen LogP) is 4.54. The molecule has 0 bridgehead atoms. The summed E-state index contributed by atoms with van der Waals surface area (Å²) in [5.74, 6) is 2.60. The van der Waals surface area contributed by atoms with Gasteiger partial charge in [-0.25, -0.2) is 19.7 Å². The first-order valence-corrected chi connectivity index (χ1v) is 12.9. The van der Waals surface area contributed by atoms with Crippen molar-refractivity contribution >= 4 is 23.5 Å². The fraction of sp³-hybridized carbons (Fsp3) is 0.593. The Balaban J connectivity index is 1.51. The summed E-state index contributed by atoms with van der Waals surface area (Å²) in [5, 5.41) is 9.43. The SMILES string of the molecule is C[C@@H]1CN(c2ncnc3c2C2(CCCC2)CN3c2cc(C#N)ccn2)[C@H](C)CN1C(=O)OC(C)(C)C. The number of anilines is 3.